The van der Waals surface area contributed by atoms with Gasteiger partial charge in [0.15, 0.2) is 6.61 Å². The summed E-state index contributed by atoms with van der Waals surface area (Å²) >= 11 is 5.74. The van der Waals surface area contributed by atoms with Crippen molar-refractivity contribution in [2.75, 3.05) is 17.7 Å². The van der Waals surface area contributed by atoms with E-state index >= 15 is 0 Å². The van der Waals surface area contributed by atoms with Gasteiger partial charge in [0.1, 0.15) is 5.82 Å². The van der Waals surface area contributed by atoms with E-state index in [4.69, 9.17) is 22.1 Å². The number of rotatable bonds is 4. The highest BCUT2D eigenvalue weighted by Gasteiger charge is 2.12. The van der Waals surface area contributed by atoms with Crippen molar-refractivity contribution in [3.05, 3.63) is 58.9 Å². The smallest absolute Gasteiger partial charge is 0.338 e. The second kappa shape index (κ2) is 6.91. The molecule has 0 heterocycles. The van der Waals surface area contributed by atoms with Gasteiger partial charge in [-0.1, -0.05) is 17.7 Å². The number of nitrogens with one attached hydrogen (secondary N) is 1. The van der Waals surface area contributed by atoms with Crippen molar-refractivity contribution in [2.24, 2.45) is 0 Å². The fourth-order valence-electron chi connectivity index (χ4n) is 1.65. The minimum atomic E-state index is -0.710. The molecule has 2 aromatic rings. The number of hydrogen-bond donors (Lipinski definition) is 2. The molecule has 0 saturated carbocycles. The van der Waals surface area contributed by atoms with E-state index in [9.17, 15) is 14.0 Å². The minimum Gasteiger partial charge on any atom is -0.452 e. The highest BCUT2D eigenvalue weighted by molar-refractivity contribution is 6.33. The lowest BCUT2D eigenvalue weighted by atomic mass is 10.2. The van der Waals surface area contributed by atoms with Gasteiger partial charge in [0.2, 0.25) is 0 Å². The molecule has 0 aliphatic carbocycles. The molecule has 2 rings (SSSR count). The number of hydrogen-bond acceptors (Lipinski definition) is 4. The second-order valence-corrected chi connectivity index (χ2v) is 4.78. The maximum absolute atomic E-state index is 13.0. The van der Waals surface area contributed by atoms with Gasteiger partial charge in [0.25, 0.3) is 5.91 Å². The largest absolute Gasteiger partial charge is 0.452 e. The molecule has 1 amide bonds. The lowest BCUT2D eigenvalue weighted by Gasteiger charge is -2.07. The van der Waals surface area contributed by atoms with E-state index in [0.717, 1.165) is 6.07 Å². The normalized spacial score (nSPS) is 10.1. The molecule has 2 aromatic carbocycles. The van der Waals surface area contributed by atoms with Crippen LogP contribution in [0.5, 0.6) is 0 Å². The third-order valence-electron chi connectivity index (χ3n) is 2.67. The summed E-state index contributed by atoms with van der Waals surface area (Å²) in [6.45, 7) is -0.502. The SMILES string of the molecule is Nc1cc(C(=O)OCC(=O)Nc2cccc(F)c2)ccc1Cl. The van der Waals surface area contributed by atoms with Crippen molar-refractivity contribution in [2.45, 2.75) is 0 Å². The number of benzene rings is 2. The fourth-order valence-corrected chi connectivity index (χ4v) is 1.77. The van der Waals surface area contributed by atoms with Crippen LogP contribution in [0.1, 0.15) is 10.4 Å². The minimum absolute atomic E-state index is 0.181. The van der Waals surface area contributed by atoms with Crippen molar-refractivity contribution in [3.63, 3.8) is 0 Å². The summed E-state index contributed by atoms with van der Waals surface area (Å²) in [7, 11) is 0. The topological polar surface area (TPSA) is 81.4 Å². The molecule has 3 N–H and O–H groups in total. The first-order valence-electron chi connectivity index (χ1n) is 6.23. The van der Waals surface area contributed by atoms with Gasteiger partial charge in [-0.25, -0.2) is 9.18 Å². The van der Waals surface area contributed by atoms with Crippen molar-refractivity contribution in [3.8, 4) is 0 Å². The number of amides is 1. The van der Waals surface area contributed by atoms with E-state index in [-0.39, 0.29) is 16.9 Å². The zero-order valence-corrected chi connectivity index (χ0v) is 12.1. The van der Waals surface area contributed by atoms with Gasteiger partial charge in [-0.2, -0.15) is 0 Å². The van der Waals surface area contributed by atoms with Crippen LogP contribution in [0.25, 0.3) is 0 Å². The molecule has 0 aromatic heterocycles. The summed E-state index contributed by atoms with van der Waals surface area (Å²) in [5.74, 6) is -1.77. The molecule has 0 aliphatic rings. The monoisotopic (exact) mass is 322 g/mol. The number of nitrogen functional groups attached to an aromatic ring is 1. The Morgan fingerprint density at radius 1 is 1.23 bits per heavy atom. The van der Waals surface area contributed by atoms with Crippen molar-refractivity contribution < 1.29 is 18.7 Å². The van der Waals surface area contributed by atoms with Crippen LogP contribution in [0.15, 0.2) is 42.5 Å². The molecule has 22 heavy (non-hydrogen) atoms. The maximum atomic E-state index is 13.0. The molecule has 0 radical (unpaired) electrons. The third kappa shape index (κ3) is 4.20. The Bertz CT molecular complexity index is 722. The zero-order valence-electron chi connectivity index (χ0n) is 11.3. The van der Waals surface area contributed by atoms with E-state index in [1.165, 1.54) is 36.4 Å². The number of ether oxygens (including phenoxy) is 1. The summed E-state index contributed by atoms with van der Waals surface area (Å²) in [4.78, 5) is 23.4. The van der Waals surface area contributed by atoms with Crippen LogP contribution in [-0.4, -0.2) is 18.5 Å². The Labute approximate surface area is 130 Å². The van der Waals surface area contributed by atoms with Gasteiger partial charge >= 0.3 is 5.97 Å². The number of anilines is 2. The molecule has 0 spiro atoms. The van der Waals surface area contributed by atoms with Gasteiger partial charge in [0.05, 0.1) is 16.3 Å². The van der Waals surface area contributed by atoms with Gasteiger partial charge in [-0.15, -0.1) is 0 Å². The third-order valence-corrected chi connectivity index (χ3v) is 3.02. The Hall–Kier alpha value is -2.60. The lowest BCUT2D eigenvalue weighted by molar-refractivity contribution is -0.119. The van der Waals surface area contributed by atoms with Gasteiger partial charge in [-0.05, 0) is 36.4 Å². The standard InChI is InChI=1S/C15H12ClFN2O3/c16-12-5-4-9(6-13(12)18)15(21)22-8-14(20)19-11-3-1-2-10(17)7-11/h1-7H,8,18H2,(H,19,20). The van der Waals surface area contributed by atoms with Crippen molar-refractivity contribution in [1.82, 2.24) is 0 Å². The highest BCUT2D eigenvalue weighted by atomic mass is 35.5. The summed E-state index contributed by atoms with van der Waals surface area (Å²) in [6.07, 6.45) is 0. The van der Waals surface area contributed by atoms with E-state index < -0.39 is 24.3 Å². The van der Waals surface area contributed by atoms with Crippen LogP contribution >= 0.6 is 11.6 Å². The number of esters is 1. The van der Waals surface area contributed by atoms with E-state index in [2.05, 4.69) is 5.32 Å². The Morgan fingerprint density at radius 3 is 2.68 bits per heavy atom. The Kier molecular flexibility index (Phi) is 4.95. The molecule has 0 atom stereocenters. The first-order valence-corrected chi connectivity index (χ1v) is 6.61. The van der Waals surface area contributed by atoms with Crippen LogP contribution in [0.3, 0.4) is 0 Å². The van der Waals surface area contributed by atoms with E-state index in [1.807, 2.05) is 0 Å². The highest BCUT2D eigenvalue weighted by Crippen LogP contribution is 2.19. The fraction of sp³-hybridized carbons (Fsp3) is 0.0667. The summed E-state index contributed by atoms with van der Waals surface area (Å²) in [5.41, 5.74) is 6.27. The van der Waals surface area contributed by atoms with Crippen LogP contribution in [-0.2, 0) is 9.53 Å². The molecule has 7 heteroatoms. The van der Waals surface area contributed by atoms with Crippen LogP contribution in [0.4, 0.5) is 15.8 Å². The van der Waals surface area contributed by atoms with Crippen molar-refractivity contribution >= 4 is 34.9 Å². The summed E-state index contributed by atoms with van der Waals surface area (Å²) in [6, 6.07) is 9.62. The predicted molar refractivity (Wildman–Crippen MR) is 81.2 cm³/mol. The average Bonchev–Trinajstić information content (AvgIpc) is 2.47. The van der Waals surface area contributed by atoms with E-state index in [1.54, 1.807) is 0 Å². The molecule has 114 valence electrons. The quantitative estimate of drug-likeness (QED) is 0.670. The molecular formula is C15H12ClFN2O3. The molecule has 0 unspecified atom stereocenters. The second-order valence-electron chi connectivity index (χ2n) is 4.37. The Balaban J connectivity index is 1.90. The molecular weight excluding hydrogens is 311 g/mol. The maximum Gasteiger partial charge on any atom is 0.338 e. The number of carbonyl (C=O) groups is 2. The zero-order chi connectivity index (χ0) is 16.1. The summed E-state index contributed by atoms with van der Waals surface area (Å²) < 4.78 is 17.8. The predicted octanol–water partition coefficient (Wildman–Crippen LogP) is 2.86. The first kappa shape index (κ1) is 15.8. The number of halogens is 2. The van der Waals surface area contributed by atoms with Gasteiger partial charge in [-0.3, -0.25) is 4.79 Å². The molecule has 0 saturated heterocycles. The molecule has 5 nitrogen and oxygen atoms in total. The van der Waals surface area contributed by atoms with Crippen molar-refractivity contribution in [1.29, 1.82) is 0 Å². The van der Waals surface area contributed by atoms with E-state index in [0.29, 0.717) is 5.02 Å². The average molecular weight is 323 g/mol. The summed E-state index contributed by atoms with van der Waals surface area (Å²) in [5, 5.41) is 2.73. The van der Waals surface area contributed by atoms with Crippen LogP contribution in [0.2, 0.25) is 5.02 Å². The molecule has 0 aliphatic heterocycles. The first-order chi connectivity index (χ1) is 10.5. The Morgan fingerprint density at radius 2 is 2.00 bits per heavy atom. The van der Waals surface area contributed by atoms with Crippen LogP contribution < -0.4 is 11.1 Å². The van der Waals surface area contributed by atoms with Crippen LogP contribution in [0, 0.1) is 5.82 Å². The lowest BCUT2D eigenvalue weighted by Crippen LogP contribution is -2.21. The van der Waals surface area contributed by atoms with Gasteiger partial charge in [0, 0.05) is 5.69 Å². The van der Waals surface area contributed by atoms with Gasteiger partial charge < -0.3 is 15.8 Å². The number of carbonyl (C=O) groups excluding carboxylic acids is 2. The molecule has 0 fully saturated rings. The number of nitrogens with two attached hydrogens (primary N) is 1. The molecule has 0 bridgehead atoms.